The summed E-state index contributed by atoms with van der Waals surface area (Å²) in [6, 6.07) is 2.75. The van der Waals surface area contributed by atoms with E-state index in [1.54, 1.807) is 12.2 Å². The van der Waals surface area contributed by atoms with E-state index in [2.05, 4.69) is 0 Å². The van der Waals surface area contributed by atoms with E-state index in [-0.39, 0.29) is 32.8 Å². The summed E-state index contributed by atoms with van der Waals surface area (Å²) in [5.74, 6) is -1.85. The maximum Gasteiger partial charge on any atom is 0.355 e. The maximum atomic E-state index is 12.3. The molecule has 0 amide bonds. The first-order chi connectivity index (χ1) is 11.4. The fourth-order valence-electron chi connectivity index (χ4n) is 2.09. The van der Waals surface area contributed by atoms with Crippen LogP contribution < -0.4 is 4.90 Å². The molecule has 0 radical (unpaired) electrons. The van der Waals surface area contributed by atoms with Gasteiger partial charge in [-0.05, 0) is 24.3 Å². The van der Waals surface area contributed by atoms with Crippen LogP contribution in [0.2, 0.25) is 10.0 Å². The van der Waals surface area contributed by atoms with E-state index in [4.69, 9.17) is 32.7 Å². The Labute approximate surface area is 148 Å². The van der Waals surface area contributed by atoms with Crippen LogP contribution in [0.25, 0.3) is 0 Å². The fraction of sp³-hybridized carbons (Fsp3) is 0.125. The third-order valence-corrected chi connectivity index (χ3v) is 3.66. The molecule has 1 aromatic carbocycles. The number of anilines is 1. The zero-order chi connectivity index (χ0) is 17.9. The molecule has 0 unspecified atom stereocenters. The minimum atomic E-state index is -0.804. The maximum absolute atomic E-state index is 12.3. The van der Waals surface area contributed by atoms with Crippen molar-refractivity contribution in [2.45, 2.75) is 0 Å². The van der Waals surface area contributed by atoms with Gasteiger partial charge in [-0.2, -0.15) is 0 Å². The highest BCUT2D eigenvalue weighted by atomic mass is 35.5. The number of methoxy groups -OCH3 is 2. The third-order valence-electron chi connectivity index (χ3n) is 3.16. The average molecular weight is 370 g/mol. The van der Waals surface area contributed by atoms with Gasteiger partial charge >= 0.3 is 11.9 Å². The highest BCUT2D eigenvalue weighted by Crippen LogP contribution is 2.40. The quantitative estimate of drug-likeness (QED) is 0.824. The Hall–Kier alpha value is -2.44. The van der Waals surface area contributed by atoms with Gasteiger partial charge in [0, 0.05) is 11.2 Å². The van der Waals surface area contributed by atoms with E-state index in [1.165, 1.54) is 43.5 Å². The minimum absolute atomic E-state index is 0.00746. The Morgan fingerprint density at radius 2 is 1.75 bits per heavy atom. The summed E-state index contributed by atoms with van der Waals surface area (Å²) < 4.78 is 9.47. The minimum Gasteiger partial charge on any atom is -0.504 e. The number of nitrogens with zero attached hydrogens (tertiary/aromatic N) is 1. The number of rotatable bonds is 3. The van der Waals surface area contributed by atoms with E-state index >= 15 is 0 Å². The molecule has 0 spiro atoms. The van der Waals surface area contributed by atoms with Gasteiger partial charge in [-0.15, -0.1) is 0 Å². The first-order valence-corrected chi connectivity index (χ1v) is 7.39. The number of halogens is 2. The lowest BCUT2D eigenvalue weighted by Crippen LogP contribution is -2.27. The van der Waals surface area contributed by atoms with Gasteiger partial charge in [0.2, 0.25) is 0 Å². The van der Waals surface area contributed by atoms with Crippen LogP contribution >= 0.6 is 23.2 Å². The van der Waals surface area contributed by atoms with E-state index < -0.39 is 11.9 Å². The number of hydrogen-bond acceptors (Lipinski definition) is 6. The first-order valence-electron chi connectivity index (χ1n) is 6.63. The average Bonchev–Trinajstić information content (AvgIpc) is 2.79. The lowest BCUT2D eigenvalue weighted by molar-refractivity contribution is -0.139. The van der Waals surface area contributed by atoms with Gasteiger partial charge < -0.3 is 19.5 Å². The highest BCUT2D eigenvalue weighted by Gasteiger charge is 2.29. The van der Waals surface area contributed by atoms with Crippen LogP contribution in [0, 0.1) is 0 Å². The molecule has 0 saturated heterocycles. The predicted molar refractivity (Wildman–Crippen MR) is 89.9 cm³/mol. The van der Waals surface area contributed by atoms with Gasteiger partial charge in [-0.3, -0.25) is 0 Å². The molecule has 1 aliphatic rings. The van der Waals surface area contributed by atoms with E-state index in [9.17, 15) is 14.7 Å². The van der Waals surface area contributed by atoms with Crippen molar-refractivity contribution in [2.75, 3.05) is 19.1 Å². The smallest absolute Gasteiger partial charge is 0.355 e. The largest absolute Gasteiger partial charge is 0.504 e. The van der Waals surface area contributed by atoms with Crippen LogP contribution in [0.15, 0.2) is 47.8 Å². The number of carbonyl (C=O) groups excluding carboxylic acids is 2. The lowest BCUT2D eigenvalue weighted by Gasteiger charge is -2.24. The van der Waals surface area contributed by atoms with Crippen LogP contribution in [-0.2, 0) is 19.1 Å². The summed E-state index contributed by atoms with van der Waals surface area (Å²) >= 11 is 11.9. The Morgan fingerprint density at radius 3 is 2.38 bits per heavy atom. The second kappa shape index (κ2) is 7.42. The summed E-state index contributed by atoms with van der Waals surface area (Å²) in [7, 11) is 2.36. The number of phenols is 1. The van der Waals surface area contributed by atoms with Crippen molar-refractivity contribution in [1.29, 1.82) is 0 Å². The zero-order valence-corrected chi connectivity index (χ0v) is 14.3. The lowest BCUT2D eigenvalue weighted by atomic mass is 10.1. The Balaban J connectivity index is 2.75. The van der Waals surface area contributed by atoms with Crippen LogP contribution in [0.4, 0.5) is 5.69 Å². The fourth-order valence-corrected chi connectivity index (χ4v) is 2.57. The van der Waals surface area contributed by atoms with Crippen molar-refractivity contribution in [3.05, 3.63) is 57.9 Å². The molecule has 6 nitrogen and oxygen atoms in total. The van der Waals surface area contributed by atoms with Crippen molar-refractivity contribution >= 4 is 40.8 Å². The Morgan fingerprint density at radius 1 is 1.08 bits per heavy atom. The molecule has 126 valence electrons. The van der Waals surface area contributed by atoms with E-state index in [1.807, 2.05) is 0 Å². The Kier molecular flexibility index (Phi) is 5.54. The molecular weight excluding hydrogens is 357 g/mol. The molecule has 1 aromatic rings. The number of phenolic OH excluding ortho intramolecular Hbond substituents is 1. The molecule has 0 fully saturated rings. The molecular formula is C16H13Cl2NO5. The molecule has 24 heavy (non-hydrogen) atoms. The third kappa shape index (κ3) is 3.39. The molecule has 8 heteroatoms. The number of ether oxygens (including phenoxy) is 2. The second-order valence-corrected chi connectivity index (χ2v) is 5.42. The van der Waals surface area contributed by atoms with Crippen LogP contribution in [0.1, 0.15) is 0 Å². The standard InChI is InChI=1S/C16H13Cl2NO5/c1-23-15(21)10-5-3-4-6-19(13(10)16(22)24-2)12-8-9(17)7-11(18)14(12)20/h3-8,20H,1-2H3. The summed E-state index contributed by atoms with van der Waals surface area (Å²) in [5.41, 5.74) is -0.0953. The van der Waals surface area contributed by atoms with Gasteiger partial charge in [0.25, 0.3) is 0 Å². The molecule has 0 saturated carbocycles. The molecule has 1 heterocycles. The summed E-state index contributed by atoms with van der Waals surface area (Å²) in [5, 5.41) is 10.5. The van der Waals surface area contributed by atoms with E-state index in [0.29, 0.717) is 0 Å². The van der Waals surface area contributed by atoms with Crippen molar-refractivity contribution in [1.82, 2.24) is 0 Å². The molecule has 1 aliphatic heterocycles. The normalized spacial score (nSPS) is 13.8. The molecule has 0 aromatic heterocycles. The summed E-state index contributed by atoms with van der Waals surface area (Å²) in [4.78, 5) is 25.6. The van der Waals surface area contributed by atoms with Crippen LogP contribution in [0.3, 0.4) is 0 Å². The Bertz CT molecular complexity index is 783. The number of benzene rings is 1. The number of esters is 2. The molecule has 1 N–H and O–H groups in total. The topological polar surface area (TPSA) is 76.1 Å². The summed E-state index contributed by atoms with van der Waals surface area (Å²) in [6.45, 7) is 0. The predicted octanol–water partition coefficient (Wildman–Crippen LogP) is 3.19. The number of carbonyl (C=O) groups is 2. The molecule has 0 atom stereocenters. The van der Waals surface area contributed by atoms with Gasteiger partial charge in [-0.25, -0.2) is 9.59 Å². The van der Waals surface area contributed by atoms with Gasteiger partial charge in [-0.1, -0.05) is 29.3 Å². The molecule has 2 rings (SSSR count). The summed E-state index contributed by atoms with van der Waals surface area (Å²) in [6.07, 6.45) is 5.96. The first kappa shape index (κ1) is 17.9. The van der Waals surface area contributed by atoms with Gasteiger partial charge in [0.05, 0.1) is 30.5 Å². The van der Waals surface area contributed by atoms with E-state index in [0.717, 1.165) is 0 Å². The SMILES string of the molecule is COC(=O)C1=C(C(=O)OC)N(c2cc(Cl)cc(Cl)c2O)C=CC=C1. The van der Waals surface area contributed by atoms with Gasteiger partial charge in [0.1, 0.15) is 5.70 Å². The van der Waals surface area contributed by atoms with Gasteiger partial charge in [0.15, 0.2) is 5.75 Å². The van der Waals surface area contributed by atoms with Crippen molar-refractivity contribution in [2.24, 2.45) is 0 Å². The van der Waals surface area contributed by atoms with Crippen molar-refractivity contribution < 1.29 is 24.2 Å². The monoisotopic (exact) mass is 369 g/mol. The highest BCUT2D eigenvalue weighted by molar-refractivity contribution is 6.36. The van der Waals surface area contributed by atoms with Crippen LogP contribution in [-0.4, -0.2) is 31.3 Å². The zero-order valence-electron chi connectivity index (χ0n) is 12.7. The van der Waals surface area contributed by atoms with Crippen molar-refractivity contribution in [3.8, 4) is 5.75 Å². The molecule has 0 bridgehead atoms. The molecule has 0 aliphatic carbocycles. The second-order valence-electron chi connectivity index (χ2n) is 4.57. The van der Waals surface area contributed by atoms with Crippen LogP contribution in [0.5, 0.6) is 5.75 Å². The number of allylic oxidation sites excluding steroid dienone is 2. The number of hydrogen-bond donors (Lipinski definition) is 1. The van der Waals surface area contributed by atoms with Crippen molar-refractivity contribution in [3.63, 3.8) is 0 Å². The number of aromatic hydroxyl groups is 1.